The average Bonchev–Trinajstić information content (AvgIpc) is 1.89. The lowest BCUT2D eigenvalue weighted by atomic mass is 10.3. The summed E-state index contributed by atoms with van der Waals surface area (Å²) in [5.74, 6) is 0. The highest BCUT2D eigenvalue weighted by Crippen LogP contribution is 2.18. The molecule has 1 aromatic rings. The van der Waals surface area contributed by atoms with Crippen molar-refractivity contribution >= 4 is 23.8 Å². The van der Waals surface area contributed by atoms with Gasteiger partial charge in [-0.05, 0) is 12.1 Å². The third kappa shape index (κ3) is 1.23. The standard InChI is InChI=1S/C6H6N2S/c7-5-3-1-2-4-6(5)8-9/h1-4H,7H2. The number of nitrogens with zero attached hydrogens (tertiary/aromatic N) is 1. The lowest BCUT2D eigenvalue weighted by Crippen LogP contribution is -1.82. The van der Waals surface area contributed by atoms with E-state index in [1.54, 1.807) is 12.1 Å². The Bertz CT molecular complexity index is 222. The molecule has 0 unspecified atom stereocenters. The van der Waals surface area contributed by atoms with E-state index in [0.717, 1.165) is 0 Å². The van der Waals surface area contributed by atoms with Crippen molar-refractivity contribution in [3.05, 3.63) is 24.3 Å². The quantitative estimate of drug-likeness (QED) is 0.599. The van der Waals surface area contributed by atoms with Gasteiger partial charge in [-0.2, -0.15) is 4.36 Å². The Morgan fingerprint density at radius 2 is 2.00 bits per heavy atom. The molecule has 0 heterocycles. The molecule has 0 amide bonds. The van der Waals surface area contributed by atoms with Crippen molar-refractivity contribution in [1.29, 1.82) is 0 Å². The minimum absolute atomic E-state index is 0.632. The molecule has 3 heteroatoms. The van der Waals surface area contributed by atoms with Crippen molar-refractivity contribution < 1.29 is 0 Å². The highest BCUT2D eigenvalue weighted by molar-refractivity contribution is 7.47. The van der Waals surface area contributed by atoms with Crippen LogP contribution >= 0.6 is 0 Å². The minimum atomic E-state index is 0.632. The van der Waals surface area contributed by atoms with Crippen molar-refractivity contribution in [3.63, 3.8) is 0 Å². The van der Waals surface area contributed by atoms with Gasteiger partial charge in [0.1, 0.15) is 0 Å². The van der Waals surface area contributed by atoms with Crippen molar-refractivity contribution in [2.45, 2.75) is 0 Å². The molecular formula is C6H6N2S. The molecular weight excluding hydrogens is 132 g/mol. The number of nitrogen functional groups attached to an aromatic ring is 1. The van der Waals surface area contributed by atoms with Crippen LogP contribution < -0.4 is 5.73 Å². The van der Waals surface area contributed by atoms with Gasteiger partial charge in [-0.25, -0.2) is 0 Å². The number of rotatable bonds is 1. The number of nitrogens with two attached hydrogens (primary N) is 1. The van der Waals surface area contributed by atoms with Crippen molar-refractivity contribution in [2.75, 3.05) is 5.73 Å². The molecule has 0 atom stereocenters. The molecule has 0 aliphatic carbocycles. The van der Waals surface area contributed by atoms with E-state index in [-0.39, 0.29) is 0 Å². The first-order chi connectivity index (χ1) is 4.34. The van der Waals surface area contributed by atoms with E-state index in [4.69, 9.17) is 5.73 Å². The second-order valence-electron chi connectivity index (χ2n) is 1.65. The predicted molar refractivity (Wildman–Crippen MR) is 40.3 cm³/mol. The fourth-order valence-electron chi connectivity index (χ4n) is 0.571. The van der Waals surface area contributed by atoms with Gasteiger partial charge in [-0.3, -0.25) is 0 Å². The highest BCUT2D eigenvalue weighted by atomic mass is 32.1. The molecule has 0 aromatic heterocycles. The third-order valence-corrected chi connectivity index (χ3v) is 1.23. The Hall–Kier alpha value is -0.960. The second-order valence-corrected chi connectivity index (χ2v) is 1.83. The van der Waals surface area contributed by atoms with Crippen LogP contribution in [0.4, 0.5) is 11.4 Å². The zero-order valence-corrected chi connectivity index (χ0v) is 5.56. The molecule has 0 aliphatic heterocycles. The van der Waals surface area contributed by atoms with Crippen LogP contribution in [0.25, 0.3) is 0 Å². The van der Waals surface area contributed by atoms with Gasteiger partial charge >= 0.3 is 0 Å². The molecule has 9 heavy (non-hydrogen) atoms. The highest BCUT2D eigenvalue weighted by Gasteiger charge is 1.90. The molecule has 0 fully saturated rings. The summed E-state index contributed by atoms with van der Waals surface area (Å²) in [5.41, 5.74) is 6.78. The summed E-state index contributed by atoms with van der Waals surface area (Å²) >= 11 is 4.45. The Morgan fingerprint density at radius 3 is 2.44 bits per heavy atom. The van der Waals surface area contributed by atoms with Crippen LogP contribution in [0.2, 0.25) is 0 Å². The van der Waals surface area contributed by atoms with Gasteiger partial charge in [0.2, 0.25) is 0 Å². The van der Waals surface area contributed by atoms with Crippen LogP contribution in [0.5, 0.6) is 0 Å². The van der Waals surface area contributed by atoms with Gasteiger partial charge in [0.15, 0.2) is 0 Å². The van der Waals surface area contributed by atoms with E-state index in [0.29, 0.717) is 11.4 Å². The molecule has 0 radical (unpaired) electrons. The summed E-state index contributed by atoms with van der Waals surface area (Å²) in [6.45, 7) is 0. The van der Waals surface area contributed by atoms with Crippen molar-refractivity contribution in [3.8, 4) is 0 Å². The summed E-state index contributed by atoms with van der Waals surface area (Å²) in [5, 5.41) is 0. The maximum absolute atomic E-state index is 5.47. The maximum Gasteiger partial charge on any atom is 0.0998 e. The first-order valence-electron chi connectivity index (χ1n) is 2.52. The minimum Gasteiger partial charge on any atom is -0.397 e. The van der Waals surface area contributed by atoms with Gasteiger partial charge in [0.25, 0.3) is 0 Å². The Balaban J connectivity index is 3.15. The van der Waals surface area contributed by atoms with Gasteiger partial charge in [-0.15, -0.1) is 0 Å². The Labute approximate surface area is 58.9 Å². The number of hydrogen-bond acceptors (Lipinski definition) is 3. The maximum atomic E-state index is 5.47. The van der Waals surface area contributed by atoms with Crippen LogP contribution in [-0.2, 0) is 12.4 Å². The number of anilines is 1. The van der Waals surface area contributed by atoms with Crippen LogP contribution in [0.3, 0.4) is 0 Å². The SMILES string of the molecule is Nc1ccccc1N=S. The second kappa shape index (κ2) is 2.55. The molecule has 0 bridgehead atoms. The van der Waals surface area contributed by atoms with Crippen LogP contribution in [0.15, 0.2) is 28.6 Å². The first-order valence-corrected chi connectivity index (χ1v) is 2.89. The summed E-state index contributed by atoms with van der Waals surface area (Å²) < 4.78 is 3.53. The summed E-state index contributed by atoms with van der Waals surface area (Å²) in [7, 11) is 0. The molecule has 0 saturated carbocycles. The molecule has 0 spiro atoms. The molecule has 1 aromatic carbocycles. The lowest BCUT2D eigenvalue weighted by molar-refractivity contribution is 1.57. The average molecular weight is 138 g/mol. The zero-order valence-electron chi connectivity index (χ0n) is 4.74. The molecule has 46 valence electrons. The number of para-hydroxylation sites is 1. The molecule has 0 aliphatic rings. The van der Waals surface area contributed by atoms with Crippen LogP contribution in [0, 0.1) is 0 Å². The number of hydrogen-bond donors (Lipinski definition) is 1. The van der Waals surface area contributed by atoms with Crippen LogP contribution in [-0.4, -0.2) is 0 Å². The third-order valence-electron chi connectivity index (χ3n) is 1.04. The van der Waals surface area contributed by atoms with E-state index in [1.165, 1.54) is 0 Å². The largest absolute Gasteiger partial charge is 0.397 e. The zero-order chi connectivity index (χ0) is 6.69. The lowest BCUT2D eigenvalue weighted by Gasteiger charge is -1.93. The van der Waals surface area contributed by atoms with Crippen LogP contribution in [0.1, 0.15) is 0 Å². The van der Waals surface area contributed by atoms with E-state index < -0.39 is 0 Å². The van der Waals surface area contributed by atoms with Gasteiger partial charge in [-0.1, -0.05) is 12.1 Å². The number of benzene rings is 1. The molecule has 1 rings (SSSR count). The van der Waals surface area contributed by atoms with Gasteiger partial charge in [0.05, 0.1) is 11.4 Å². The van der Waals surface area contributed by atoms with Gasteiger partial charge in [0, 0.05) is 12.4 Å². The monoisotopic (exact) mass is 138 g/mol. The molecule has 0 saturated heterocycles. The van der Waals surface area contributed by atoms with E-state index in [2.05, 4.69) is 16.8 Å². The molecule has 2 nitrogen and oxygen atoms in total. The van der Waals surface area contributed by atoms with Gasteiger partial charge < -0.3 is 5.73 Å². The molecule has 2 N–H and O–H groups in total. The predicted octanol–water partition coefficient (Wildman–Crippen LogP) is 1.63. The Kier molecular flexibility index (Phi) is 1.75. The topological polar surface area (TPSA) is 38.4 Å². The van der Waals surface area contributed by atoms with E-state index >= 15 is 0 Å². The summed E-state index contributed by atoms with van der Waals surface area (Å²) in [4.78, 5) is 0. The fourth-order valence-corrected chi connectivity index (χ4v) is 0.737. The smallest absolute Gasteiger partial charge is 0.0998 e. The first kappa shape index (κ1) is 6.16. The van der Waals surface area contributed by atoms with Crippen molar-refractivity contribution in [2.24, 2.45) is 4.36 Å². The summed E-state index contributed by atoms with van der Waals surface area (Å²) in [6.07, 6.45) is 0. The summed E-state index contributed by atoms with van der Waals surface area (Å²) in [6, 6.07) is 7.24. The fraction of sp³-hybridized carbons (Fsp3) is 0. The van der Waals surface area contributed by atoms with E-state index in [9.17, 15) is 0 Å². The van der Waals surface area contributed by atoms with E-state index in [1.807, 2.05) is 12.1 Å². The Morgan fingerprint density at radius 1 is 1.33 bits per heavy atom. The van der Waals surface area contributed by atoms with Crippen molar-refractivity contribution in [1.82, 2.24) is 0 Å². The normalized spacial score (nSPS) is 8.89.